The van der Waals surface area contributed by atoms with E-state index in [9.17, 15) is 4.79 Å². The van der Waals surface area contributed by atoms with Crippen LogP contribution in [0.4, 0.5) is 0 Å². The maximum atomic E-state index is 13.1. The van der Waals surface area contributed by atoms with E-state index in [0.29, 0.717) is 11.4 Å². The molecule has 0 bridgehead atoms. The SMILES string of the molecule is C=N/C(NC1(C)CC1)=C(\C)C(C(=O)NC(C)(C)C(/C=C\C)=C/C)=C(C)C. The van der Waals surface area contributed by atoms with E-state index in [2.05, 4.69) is 29.3 Å². The molecule has 4 heteroatoms. The summed E-state index contributed by atoms with van der Waals surface area (Å²) in [6, 6.07) is 0. The molecule has 0 heterocycles. The van der Waals surface area contributed by atoms with E-state index in [1.807, 2.05) is 66.7 Å². The molecule has 0 aliphatic heterocycles. The van der Waals surface area contributed by atoms with E-state index in [4.69, 9.17) is 0 Å². The van der Waals surface area contributed by atoms with Gasteiger partial charge in [0.2, 0.25) is 0 Å². The van der Waals surface area contributed by atoms with Gasteiger partial charge in [0.1, 0.15) is 5.82 Å². The Kier molecular flexibility index (Phi) is 7.19. The fourth-order valence-corrected chi connectivity index (χ4v) is 3.00. The average molecular weight is 358 g/mol. The summed E-state index contributed by atoms with van der Waals surface area (Å²) in [6.45, 7) is 19.7. The van der Waals surface area contributed by atoms with Gasteiger partial charge >= 0.3 is 0 Å². The van der Waals surface area contributed by atoms with Crippen LogP contribution < -0.4 is 10.6 Å². The molecule has 4 nitrogen and oxygen atoms in total. The number of carbonyl (C=O) groups is 1. The van der Waals surface area contributed by atoms with Gasteiger partial charge < -0.3 is 10.6 Å². The first kappa shape index (κ1) is 21.9. The third kappa shape index (κ3) is 5.45. The second-order valence-electron chi connectivity index (χ2n) is 8.02. The summed E-state index contributed by atoms with van der Waals surface area (Å²) in [6.07, 6.45) is 8.25. The molecule has 0 aromatic carbocycles. The number of hydrogen-bond donors (Lipinski definition) is 2. The number of nitrogens with zero attached hydrogens (tertiary/aromatic N) is 1. The zero-order valence-electron chi connectivity index (χ0n) is 17.7. The Morgan fingerprint density at radius 3 is 2.15 bits per heavy atom. The third-order valence-corrected chi connectivity index (χ3v) is 4.84. The van der Waals surface area contributed by atoms with E-state index in [0.717, 1.165) is 29.6 Å². The first-order chi connectivity index (χ1) is 12.0. The Bertz CT molecular complexity index is 682. The minimum absolute atomic E-state index is 0.0737. The van der Waals surface area contributed by atoms with Crippen LogP contribution in [0.3, 0.4) is 0 Å². The van der Waals surface area contributed by atoms with Crippen molar-refractivity contribution in [3.8, 4) is 0 Å². The van der Waals surface area contributed by atoms with Gasteiger partial charge in [-0.05, 0) is 80.5 Å². The van der Waals surface area contributed by atoms with Crippen LogP contribution in [0, 0.1) is 0 Å². The van der Waals surface area contributed by atoms with Crippen molar-refractivity contribution >= 4 is 12.6 Å². The van der Waals surface area contributed by atoms with Crippen molar-refractivity contribution in [2.75, 3.05) is 0 Å². The zero-order valence-corrected chi connectivity index (χ0v) is 17.7. The van der Waals surface area contributed by atoms with Crippen LogP contribution in [0.5, 0.6) is 0 Å². The molecule has 1 fully saturated rings. The standard InChI is InChI=1S/C22H35N3O/c1-10-12-17(11-2)21(6,7)25-20(26)18(15(3)4)16(5)19(23-9)24-22(8)13-14-22/h10-12,24H,9,13-14H2,1-8H3,(H,25,26)/b12-10-,17-11+,19-16-. The molecular formula is C22H35N3O. The van der Waals surface area contributed by atoms with Crippen molar-refractivity contribution in [3.63, 3.8) is 0 Å². The molecule has 1 amide bonds. The number of rotatable bonds is 8. The van der Waals surface area contributed by atoms with Crippen LogP contribution in [-0.4, -0.2) is 23.7 Å². The van der Waals surface area contributed by atoms with Gasteiger partial charge in [-0.2, -0.15) is 0 Å². The average Bonchev–Trinajstić information content (AvgIpc) is 3.26. The summed E-state index contributed by atoms with van der Waals surface area (Å²) in [4.78, 5) is 17.3. The van der Waals surface area contributed by atoms with Crippen LogP contribution >= 0.6 is 0 Å². The largest absolute Gasteiger partial charge is 0.365 e. The Labute approximate surface area is 159 Å². The highest BCUT2D eigenvalue weighted by Crippen LogP contribution is 2.36. The van der Waals surface area contributed by atoms with Gasteiger partial charge in [-0.3, -0.25) is 4.79 Å². The highest BCUT2D eigenvalue weighted by atomic mass is 16.1. The van der Waals surface area contributed by atoms with Crippen molar-refractivity contribution in [3.05, 3.63) is 46.3 Å². The highest BCUT2D eigenvalue weighted by Gasteiger charge is 2.38. The van der Waals surface area contributed by atoms with Gasteiger partial charge in [0.15, 0.2) is 0 Å². The number of hydrogen-bond acceptors (Lipinski definition) is 3. The molecule has 26 heavy (non-hydrogen) atoms. The Morgan fingerprint density at radius 1 is 1.19 bits per heavy atom. The Morgan fingerprint density at radius 2 is 1.77 bits per heavy atom. The molecule has 0 radical (unpaired) electrons. The molecule has 0 aromatic heterocycles. The van der Waals surface area contributed by atoms with E-state index >= 15 is 0 Å². The lowest BCUT2D eigenvalue weighted by atomic mass is 9.91. The number of aliphatic imine (C=N–C) groups is 1. The van der Waals surface area contributed by atoms with Crippen LogP contribution in [0.2, 0.25) is 0 Å². The van der Waals surface area contributed by atoms with Gasteiger partial charge in [-0.15, -0.1) is 0 Å². The van der Waals surface area contributed by atoms with Crippen molar-refractivity contribution in [2.45, 2.75) is 79.3 Å². The number of amides is 1. The second kappa shape index (κ2) is 8.52. The van der Waals surface area contributed by atoms with Gasteiger partial charge in [0.25, 0.3) is 5.91 Å². The fourth-order valence-electron chi connectivity index (χ4n) is 3.00. The molecular weight excluding hydrogens is 322 g/mol. The van der Waals surface area contributed by atoms with E-state index in [1.54, 1.807) is 0 Å². The Balaban J connectivity index is 3.19. The van der Waals surface area contributed by atoms with Gasteiger partial charge in [-0.25, -0.2) is 4.99 Å². The highest BCUT2D eigenvalue weighted by molar-refractivity contribution is 5.99. The lowest BCUT2D eigenvalue weighted by Crippen LogP contribution is -2.45. The number of allylic oxidation sites excluding steroid dienone is 3. The first-order valence-electron chi connectivity index (χ1n) is 9.27. The van der Waals surface area contributed by atoms with Crippen LogP contribution in [-0.2, 0) is 4.79 Å². The van der Waals surface area contributed by atoms with Crippen LogP contribution in [0.15, 0.2) is 51.3 Å². The van der Waals surface area contributed by atoms with Crippen LogP contribution in [0.1, 0.15) is 68.2 Å². The smallest absolute Gasteiger partial charge is 0.252 e. The summed E-state index contributed by atoms with van der Waals surface area (Å²) in [5.41, 5.74) is 3.10. The molecule has 0 saturated heterocycles. The van der Waals surface area contributed by atoms with E-state index in [1.165, 1.54) is 0 Å². The maximum absolute atomic E-state index is 13.1. The maximum Gasteiger partial charge on any atom is 0.252 e. The van der Waals surface area contributed by atoms with Crippen molar-refractivity contribution in [1.29, 1.82) is 0 Å². The predicted molar refractivity (Wildman–Crippen MR) is 112 cm³/mol. The van der Waals surface area contributed by atoms with Crippen LogP contribution in [0.25, 0.3) is 0 Å². The molecule has 1 aliphatic rings. The minimum Gasteiger partial charge on any atom is -0.365 e. The molecule has 2 N–H and O–H groups in total. The lowest BCUT2D eigenvalue weighted by molar-refractivity contribution is -0.118. The normalized spacial score (nSPS) is 17.5. The summed E-state index contributed by atoms with van der Waals surface area (Å²) in [5.74, 6) is 0.592. The third-order valence-electron chi connectivity index (χ3n) is 4.84. The predicted octanol–water partition coefficient (Wildman–Crippen LogP) is 4.81. The summed E-state index contributed by atoms with van der Waals surface area (Å²) in [5, 5.41) is 6.61. The zero-order chi connectivity index (χ0) is 20.1. The van der Waals surface area contributed by atoms with Crippen molar-refractivity contribution in [1.82, 2.24) is 10.6 Å². The van der Waals surface area contributed by atoms with E-state index < -0.39 is 5.54 Å². The van der Waals surface area contributed by atoms with Crippen molar-refractivity contribution in [2.24, 2.45) is 4.99 Å². The topological polar surface area (TPSA) is 53.5 Å². The molecule has 0 atom stereocenters. The summed E-state index contributed by atoms with van der Waals surface area (Å²) < 4.78 is 0. The van der Waals surface area contributed by atoms with Gasteiger partial charge in [-0.1, -0.05) is 23.8 Å². The fraction of sp³-hybridized carbons (Fsp3) is 0.545. The second-order valence-corrected chi connectivity index (χ2v) is 8.02. The molecule has 0 spiro atoms. The minimum atomic E-state index is -0.475. The number of carbonyl (C=O) groups excluding carboxylic acids is 1. The molecule has 1 rings (SSSR count). The van der Waals surface area contributed by atoms with Gasteiger partial charge in [0.05, 0.1) is 5.54 Å². The number of nitrogens with one attached hydrogen (secondary N) is 2. The molecule has 1 saturated carbocycles. The first-order valence-corrected chi connectivity index (χ1v) is 9.27. The monoisotopic (exact) mass is 357 g/mol. The lowest BCUT2D eigenvalue weighted by Gasteiger charge is -2.29. The quantitative estimate of drug-likeness (QED) is 0.372. The summed E-state index contributed by atoms with van der Waals surface area (Å²) in [7, 11) is 0. The van der Waals surface area contributed by atoms with E-state index in [-0.39, 0.29) is 11.4 Å². The van der Waals surface area contributed by atoms with Crippen molar-refractivity contribution < 1.29 is 4.79 Å². The molecule has 0 unspecified atom stereocenters. The van der Waals surface area contributed by atoms with Gasteiger partial charge in [0, 0.05) is 16.7 Å². The Hall–Kier alpha value is -2.10. The summed E-state index contributed by atoms with van der Waals surface area (Å²) >= 11 is 0. The molecule has 1 aliphatic carbocycles. The molecule has 0 aromatic rings. The molecule has 144 valence electrons.